The molecule has 2 heterocycles. The summed E-state index contributed by atoms with van der Waals surface area (Å²) in [6.45, 7) is 2.90. The fourth-order valence-electron chi connectivity index (χ4n) is 2.91. The number of carbonyl (C=O) groups is 1. The van der Waals surface area contributed by atoms with Crippen LogP contribution in [0.5, 0.6) is 11.5 Å². The molecule has 0 spiro atoms. The Morgan fingerprint density at radius 1 is 1.45 bits per heavy atom. The topological polar surface area (TPSA) is 72.9 Å². The van der Waals surface area contributed by atoms with Gasteiger partial charge in [0.1, 0.15) is 6.61 Å². The Hall–Kier alpha value is -1.76. The molecule has 1 aromatic rings. The van der Waals surface area contributed by atoms with Crippen molar-refractivity contribution in [2.24, 2.45) is 5.92 Å². The summed E-state index contributed by atoms with van der Waals surface area (Å²) in [7, 11) is -3.43. The Kier molecular flexibility index (Phi) is 3.99. The van der Waals surface area contributed by atoms with Gasteiger partial charge in [0.15, 0.2) is 11.5 Å². The van der Waals surface area contributed by atoms with Crippen LogP contribution in [0.25, 0.3) is 0 Å². The second kappa shape index (κ2) is 5.79. The molecule has 3 rings (SSSR count). The van der Waals surface area contributed by atoms with E-state index in [0.717, 1.165) is 9.87 Å². The number of benzene rings is 1. The summed E-state index contributed by atoms with van der Waals surface area (Å²) < 4.78 is 36.0. The van der Waals surface area contributed by atoms with E-state index in [1.807, 2.05) is 25.1 Å². The van der Waals surface area contributed by atoms with Crippen molar-refractivity contribution in [3.63, 3.8) is 0 Å². The summed E-state index contributed by atoms with van der Waals surface area (Å²) in [6.07, 6.45) is 0.980. The third kappa shape index (κ3) is 2.65. The van der Waals surface area contributed by atoms with Gasteiger partial charge in [0.2, 0.25) is 15.9 Å². The first-order valence-electron chi connectivity index (χ1n) is 7.44. The van der Waals surface area contributed by atoms with Crippen LogP contribution in [0.1, 0.15) is 18.9 Å². The standard InChI is InChI=1S/C15H19NO5S/c1-2-20-13-6-3-5-11-9-12(10-21-14(11)13)15(17)16-7-4-8-22(16,18)19/h3,5-6,12H,2,4,7-10H2,1H3/t12-/m0/s1. The fraction of sp³-hybridized carbons (Fsp3) is 0.533. The summed E-state index contributed by atoms with van der Waals surface area (Å²) in [4.78, 5) is 12.5. The first-order chi connectivity index (χ1) is 10.5. The van der Waals surface area contributed by atoms with Gasteiger partial charge in [-0.15, -0.1) is 0 Å². The second-order valence-corrected chi connectivity index (χ2v) is 7.48. The first kappa shape index (κ1) is 15.1. The van der Waals surface area contributed by atoms with E-state index >= 15 is 0 Å². The van der Waals surface area contributed by atoms with Crippen LogP contribution in [0, 0.1) is 5.92 Å². The molecule has 2 aliphatic rings. The van der Waals surface area contributed by atoms with Crippen LogP contribution in [0.15, 0.2) is 18.2 Å². The molecule has 1 atom stereocenters. The Balaban J connectivity index is 1.80. The molecule has 0 aliphatic carbocycles. The zero-order valence-electron chi connectivity index (χ0n) is 12.4. The van der Waals surface area contributed by atoms with Gasteiger partial charge in [0.05, 0.1) is 18.3 Å². The van der Waals surface area contributed by atoms with Gasteiger partial charge < -0.3 is 9.47 Å². The Bertz CT molecular complexity index is 685. The zero-order chi connectivity index (χ0) is 15.7. The Morgan fingerprint density at radius 3 is 2.95 bits per heavy atom. The predicted octanol–water partition coefficient (Wildman–Crippen LogP) is 1.20. The van der Waals surface area contributed by atoms with Gasteiger partial charge in [0.25, 0.3) is 0 Å². The summed E-state index contributed by atoms with van der Waals surface area (Å²) in [6, 6.07) is 5.57. The molecule has 1 fully saturated rings. The summed E-state index contributed by atoms with van der Waals surface area (Å²) in [5, 5.41) is 0. The van der Waals surface area contributed by atoms with Crippen molar-refractivity contribution in [3.8, 4) is 11.5 Å². The van der Waals surface area contributed by atoms with E-state index in [1.54, 1.807) is 0 Å². The smallest absolute Gasteiger partial charge is 0.242 e. The lowest BCUT2D eigenvalue weighted by Gasteiger charge is -2.28. The summed E-state index contributed by atoms with van der Waals surface area (Å²) in [5.74, 6) is 0.566. The van der Waals surface area contributed by atoms with Crippen molar-refractivity contribution < 1.29 is 22.7 Å². The molecule has 22 heavy (non-hydrogen) atoms. The van der Waals surface area contributed by atoms with Gasteiger partial charge in [-0.1, -0.05) is 12.1 Å². The van der Waals surface area contributed by atoms with Crippen LogP contribution >= 0.6 is 0 Å². The Morgan fingerprint density at radius 2 is 2.27 bits per heavy atom. The maximum Gasteiger partial charge on any atom is 0.242 e. The zero-order valence-corrected chi connectivity index (χ0v) is 13.3. The van der Waals surface area contributed by atoms with Crippen molar-refractivity contribution >= 4 is 15.9 Å². The monoisotopic (exact) mass is 325 g/mol. The van der Waals surface area contributed by atoms with E-state index in [4.69, 9.17) is 9.47 Å². The van der Waals surface area contributed by atoms with Crippen LogP contribution in [-0.2, 0) is 21.2 Å². The van der Waals surface area contributed by atoms with Crippen LogP contribution < -0.4 is 9.47 Å². The van der Waals surface area contributed by atoms with Crippen molar-refractivity contribution in [1.82, 2.24) is 4.31 Å². The molecular weight excluding hydrogens is 306 g/mol. The summed E-state index contributed by atoms with van der Waals surface area (Å²) in [5.41, 5.74) is 0.882. The minimum Gasteiger partial charge on any atom is -0.490 e. The normalized spacial score (nSPS) is 22.8. The summed E-state index contributed by atoms with van der Waals surface area (Å²) >= 11 is 0. The van der Waals surface area contributed by atoms with E-state index in [2.05, 4.69) is 0 Å². The molecule has 0 unspecified atom stereocenters. The molecule has 0 saturated carbocycles. The maximum atomic E-state index is 12.5. The highest BCUT2D eigenvalue weighted by Crippen LogP contribution is 2.37. The largest absolute Gasteiger partial charge is 0.490 e. The number of carbonyl (C=O) groups excluding carboxylic acids is 1. The van der Waals surface area contributed by atoms with E-state index in [9.17, 15) is 13.2 Å². The average Bonchev–Trinajstić information content (AvgIpc) is 2.86. The average molecular weight is 325 g/mol. The van der Waals surface area contributed by atoms with Crippen molar-refractivity contribution in [2.75, 3.05) is 25.5 Å². The first-order valence-corrected chi connectivity index (χ1v) is 9.05. The molecule has 6 nitrogen and oxygen atoms in total. The van der Waals surface area contributed by atoms with Gasteiger partial charge in [-0.05, 0) is 31.4 Å². The molecule has 120 valence electrons. The molecule has 1 saturated heterocycles. The van der Waals surface area contributed by atoms with Gasteiger partial charge >= 0.3 is 0 Å². The highest BCUT2D eigenvalue weighted by Gasteiger charge is 2.38. The second-order valence-electron chi connectivity index (χ2n) is 5.47. The lowest BCUT2D eigenvalue weighted by Crippen LogP contribution is -2.41. The minimum absolute atomic E-state index is 0.0530. The molecule has 0 radical (unpaired) electrons. The molecule has 7 heteroatoms. The molecule has 2 aliphatic heterocycles. The molecule has 0 N–H and O–H groups in total. The van der Waals surface area contributed by atoms with Crippen molar-refractivity contribution in [2.45, 2.75) is 19.8 Å². The molecular formula is C15H19NO5S. The quantitative estimate of drug-likeness (QED) is 0.835. The lowest BCUT2D eigenvalue weighted by atomic mass is 9.95. The number of hydrogen-bond donors (Lipinski definition) is 0. The fourth-order valence-corrected chi connectivity index (χ4v) is 4.46. The van der Waals surface area contributed by atoms with Gasteiger partial charge in [-0.2, -0.15) is 0 Å². The SMILES string of the molecule is CCOc1cccc2c1OC[C@@H](C(=O)N1CCCS1(=O)=O)C2. The number of fused-ring (bicyclic) bond motifs is 1. The molecule has 1 amide bonds. The van der Waals surface area contributed by atoms with Crippen LogP contribution in [0.2, 0.25) is 0 Å². The van der Waals surface area contributed by atoms with Gasteiger partial charge in [-0.25, -0.2) is 12.7 Å². The molecule has 0 bridgehead atoms. The molecule has 0 aromatic heterocycles. The van der Waals surface area contributed by atoms with E-state index in [1.165, 1.54) is 0 Å². The van der Waals surface area contributed by atoms with Gasteiger partial charge in [0, 0.05) is 6.54 Å². The Labute approximate surface area is 130 Å². The number of amides is 1. The number of hydrogen-bond acceptors (Lipinski definition) is 5. The number of ether oxygens (including phenoxy) is 2. The van der Waals surface area contributed by atoms with Crippen molar-refractivity contribution in [1.29, 1.82) is 0 Å². The minimum atomic E-state index is -3.43. The third-order valence-electron chi connectivity index (χ3n) is 3.95. The van der Waals surface area contributed by atoms with Crippen molar-refractivity contribution in [3.05, 3.63) is 23.8 Å². The number of sulfonamides is 1. The van der Waals surface area contributed by atoms with Gasteiger partial charge in [-0.3, -0.25) is 4.79 Å². The van der Waals surface area contributed by atoms with Crippen LogP contribution in [0.3, 0.4) is 0 Å². The van der Waals surface area contributed by atoms with E-state index in [0.29, 0.717) is 30.9 Å². The third-order valence-corrected chi connectivity index (χ3v) is 5.79. The highest BCUT2D eigenvalue weighted by molar-refractivity contribution is 7.89. The maximum absolute atomic E-state index is 12.5. The predicted molar refractivity (Wildman–Crippen MR) is 80.4 cm³/mol. The highest BCUT2D eigenvalue weighted by atomic mass is 32.2. The molecule has 1 aromatic carbocycles. The number of rotatable bonds is 3. The number of nitrogens with zero attached hydrogens (tertiary/aromatic N) is 1. The van der Waals surface area contributed by atoms with Crippen LogP contribution in [-0.4, -0.2) is 44.1 Å². The van der Waals surface area contributed by atoms with E-state index in [-0.39, 0.29) is 24.8 Å². The lowest BCUT2D eigenvalue weighted by molar-refractivity contribution is -0.131. The van der Waals surface area contributed by atoms with Crippen LogP contribution in [0.4, 0.5) is 0 Å². The number of para-hydroxylation sites is 1. The van der Waals surface area contributed by atoms with E-state index < -0.39 is 15.9 Å².